The number of anilines is 2. The number of carbonyl (C=O) groups excluding carboxylic acids is 1. The molecule has 0 atom stereocenters. The predicted molar refractivity (Wildman–Crippen MR) is 85.7 cm³/mol. The summed E-state index contributed by atoms with van der Waals surface area (Å²) in [5.41, 5.74) is 1.17. The number of hydrogen-bond donors (Lipinski definition) is 2. The van der Waals surface area contributed by atoms with Gasteiger partial charge in [0.1, 0.15) is 11.5 Å². The molecule has 0 radical (unpaired) electrons. The minimum absolute atomic E-state index is 0.219. The lowest BCUT2D eigenvalue weighted by Gasteiger charge is -2.09. The van der Waals surface area contributed by atoms with Gasteiger partial charge in [0.25, 0.3) is 5.91 Å². The Kier molecular flexibility index (Phi) is 3.51. The zero-order valence-corrected chi connectivity index (χ0v) is 11.6. The second-order valence-corrected chi connectivity index (χ2v) is 4.64. The molecule has 0 unspecified atom stereocenters. The Bertz CT molecular complexity index is 793. The summed E-state index contributed by atoms with van der Waals surface area (Å²) in [6.07, 6.45) is 0. The quantitative estimate of drug-likeness (QED) is 0.770. The minimum Gasteiger partial charge on any atom is -0.373 e. The van der Waals surface area contributed by atoms with Gasteiger partial charge >= 0.3 is 0 Å². The van der Waals surface area contributed by atoms with E-state index in [1.54, 1.807) is 19.2 Å². The van der Waals surface area contributed by atoms with E-state index in [-0.39, 0.29) is 5.91 Å². The normalized spacial score (nSPS) is 10.3. The highest BCUT2D eigenvalue weighted by atomic mass is 16.1. The molecule has 0 saturated heterocycles. The molecule has 2 N–H and O–H groups in total. The standard InChI is InChI=1S/C17H15N3O/c1-18-16-11-5-10-15(19-16)17(21)20-14-9-4-7-12-6-2-3-8-13(12)14/h2-11H,1H3,(H,18,19)(H,20,21). The molecule has 104 valence electrons. The first-order valence-electron chi connectivity index (χ1n) is 6.72. The van der Waals surface area contributed by atoms with E-state index in [2.05, 4.69) is 15.6 Å². The summed E-state index contributed by atoms with van der Waals surface area (Å²) >= 11 is 0. The zero-order valence-electron chi connectivity index (χ0n) is 11.6. The third kappa shape index (κ3) is 2.69. The fourth-order valence-electron chi connectivity index (χ4n) is 2.22. The van der Waals surface area contributed by atoms with E-state index in [1.165, 1.54) is 0 Å². The fraction of sp³-hybridized carbons (Fsp3) is 0.0588. The molecular formula is C17H15N3O. The van der Waals surface area contributed by atoms with Crippen molar-refractivity contribution in [3.05, 3.63) is 66.4 Å². The second kappa shape index (κ2) is 5.63. The predicted octanol–water partition coefficient (Wildman–Crippen LogP) is 3.53. The number of nitrogens with zero attached hydrogens (tertiary/aromatic N) is 1. The molecule has 3 aromatic rings. The summed E-state index contributed by atoms with van der Waals surface area (Å²) in [6, 6.07) is 19.1. The number of amides is 1. The number of hydrogen-bond acceptors (Lipinski definition) is 3. The average molecular weight is 277 g/mol. The Morgan fingerprint density at radius 3 is 2.57 bits per heavy atom. The van der Waals surface area contributed by atoms with Crippen LogP contribution in [-0.2, 0) is 0 Å². The van der Waals surface area contributed by atoms with Crippen LogP contribution in [0.5, 0.6) is 0 Å². The van der Waals surface area contributed by atoms with Gasteiger partial charge in [0, 0.05) is 18.1 Å². The molecule has 0 bridgehead atoms. The first kappa shape index (κ1) is 13.1. The summed E-state index contributed by atoms with van der Waals surface area (Å²) in [5, 5.41) is 7.95. The lowest BCUT2D eigenvalue weighted by Crippen LogP contribution is -2.14. The highest BCUT2D eigenvalue weighted by Gasteiger charge is 2.09. The van der Waals surface area contributed by atoms with Crippen molar-refractivity contribution in [3.8, 4) is 0 Å². The summed E-state index contributed by atoms with van der Waals surface area (Å²) in [6.45, 7) is 0. The van der Waals surface area contributed by atoms with E-state index in [0.29, 0.717) is 11.5 Å². The Balaban J connectivity index is 1.93. The van der Waals surface area contributed by atoms with E-state index < -0.39 is 0 Å². The Morgan fingerprint density at radius 1 is 0.952 bits per heavy atom. The van der Waals surface area contributed by atoms with Gasteiger partial charge in [-0.1, -0.05) is 42.5 Å². The molecule has 0 aliphatic carbocycles. The molecular weight excluding hydrogens is 262 g/mol. The SMILES string of the molecule is CNc1cccc(C(=O)Nc2cccc3ccccc23)n1. The van der Waals surface area contributed by atoms with Gasteiger partial charge in [-0.25, -0.2) is 4.98 Å². The van der Waals surface area contributed by atoms with Crippen LogP contribution in [0, 0.1) is 0 Å². The van der Waals surface area contributed by atoms with Crippen molar-refractivity contribution in [3.63, 3.8) is 0 Å². The van der Waals surface area contributed by atoms with Crippen LogP contribution in [0.3, 0.4) is 0 Å². The molecule has 0 fully saturated rings. The van der Waals surface area contributed by atoms with Gasteiger partial charge in [-0.05, 0) is 23.6 Å². The van der Waals surface area contributed by atoms with Gasteiger partial charge in [-0.15, -0.1) is 0 Å². The zero-order chi connectivity index (χ0) is 14.7. The monoisotopic (exact) mass is 277 g/mol. The van der Waals surface area contributed by atoms with Crippen LogP contribution in [0.25, 0.3) is 10.8 Å². The number of carbonyl (C=O) groups is 1. The van der Waals surface area contributed by atoms with Crippen molar-refractivity contribution in [1.82, 2.24) is 4.98 Å². The lowest BCUT2D eigenvalue weighted by atomic mass is 10.1. The van der Waals surface area contributed by atoms with Crippen molar-refractivity contribution in [1.29, 1.82) is 0 Å². The number of benzene rings is 2. The topological polar surface area (TPSA) is 54.0 Å². The van der Waals surface area contributed by atoms with Crippen molar-refractivity contribution in [2.75, 3.05) is 17.7 Å². The van der Waals surface area contributed by atoms with E-state index in [0.717, 1.165) is 16.5 Å². The molecule has 0 spiro atoms. The van der Waals surface area contributed by atoms with Gasteiger partial charge in [-0.2, -0.15) is 0 Å². The maximum atomic E-state index is 12.3. The average Bonchev–Trinajstić information content (AvgIpc) is 2.55. The van der Waals surface area contributed by atoms with Crippen LogP contribution in [0.4, 0.5) is 11.5 Å². The maximum absolute atomic E-state index is 12.3. The Hall–Kier alpha value is -2.88. The second-order valence-electron chi connectivity index (χ2n) is 4.64. The molecule has 0 aliphatic rings. The van der Waals surface area contributed by atoms with Gasteiger partial charge in [0.2, 0.25) is 0 Å². The van der Waals surface area contributed by atoms with Crippen LogP contribution in [0.15, 0.2) is 60.7 Å². The van der Waals surface area contributed by atoms with Crippen molar-refractivity contribution < 1.29 is 4.79 Å². The summed E-state index contributed by atoms with van der Waals surface area (Å²) in [5.74, 6) is 0.448. The number of aromatic nitrogens is 1. The van der Waals surface area contributed by atoms with Gasteiger partial charge < -0.3 is 10.6 Å². The summed E-state index contributed by atoms with van der Waals surface area (Å²) in [7, 11) is 1.77. The molecule has 0 aliphatic heterocycles. The summed E-state index contributed by atoms with van der Waals surface area (Å²) in [4.78, 5) is 16.6. The van der Waals surface area contributed by atoms with E-state index >= 15 is 0 Å². The minimum atomic E-state index is -0.219. The first-order chi connectivity index (χ1) is 10.3. The third-order valence-electron chi connectivity index (χ3n) is 3.28. The number of nitrogens with one attached hydrogen (secondary N) is 2. The molecule has 1 amide bonds. The van der Waals surface area contributed by atoms with Crippen molar-refractivity contribution in [2.24, 2.45) is 0 Å². The third-order valence-corrected chi connectivity index (χ3v) is 3.28. The first-order valence-corrected chi connectivity index (χ1v) is 6.72. The van der Waals surface area contributed by atoms with E-state index in [9.17, 15) is 4.79 Å². The fourth-order valence-corrected chi connectivity index (χ4v) is 2.22. The molecule has 21 heavy (non-hydrogen) atoms. The molecule has 1 aromatic heterocycles. The van der Waals surface area contributed by atoms with E-state index in [1.807, 2.05) is 48.5 Å². The van der Waals surface area contributed by atoms with Crippen molar-refractivity contribution in [2.45, 2.75) is 0 Å². The van der Waals surface area contributed by atoms with Crippen molar-refractivity contribution >= 4 is 28.2 Å². The lowest BCUT2D eigenvalue weighted by molar-refractivity contribution is 0.102. The smallest absolute Gasteiger partial charge is 0.274 e. The Labute approximate surface area is 122 Å². The molecule has 4 nitrogen and oxygen atoms in total. The number of fused-ring (bicyclic) bond motifs is 1. The van der Waals surface area contributed by atoms with Crippen LogP contribution in [0.2, 0.25) is 0 Å². The van der Waals surface area contributed by atoms with Gasteiger partial charge in [-0.3, -0.25) is 4.79 Å². The van der Waals surface area contributed by atoms with E-state index in [4.69, 9.17) is 0 Å². The molecule has 2 aromatic carbocycles. The van der Waals surface area contributed by atoms with Crippen LogP contribution < -0.4 is 10.6 Å². The maximum Gasteiger partial charge on any atom is 0.274 e. The Morgan fingerprint density at radius 2 is 1.71 bits per heavy atom. The van der Waals surface area contributed by atoms with Crippen LogP contribution in [-0.4, -0.2) is 17.9 Å². The van der Waals surface area contributed by atoms with Crippen LogP contribution in [0.1, 0.15) is 10.5 Å². The highest BCUT2D eigenvalue weighted by Crippen LogP contribution is 2.23. The molecule has 3 rings (SSSR count). The van der Waals surface area contributed by atoms with Gasteiger partial charge in [0.15, 0.2) is 0 Å². The molecule has 4 heteroatoms. The van der Waals surface area contributed by atoms with Gasteiger partial charge in [0.05, 0.1) is 0 Å². The highest BCUT2D eigenvalue weighted by molar-refractivity contribution is 6.08. The largest absolute Gasteiger partial charge is 0.373 e. The summed E-state index contributed by atoms with van der Waals surface area (Å²) < 4.78 is 0. The van der Waals surface area contributed by atoms with Crippen LogP contribution >= 0.6 is 0 Å². The number of pyridine rings is 1. The molecule has 0 saturated carbocycles. The number of rotatable bonds is 3. The molecule has 1 heterocycles.